The van der Waals surface area contributed by atoms with E-state index in [4.69, 9.17) is 4.74 Å². The average molecular weight is 287 g/mol. The Bertz CT molecular complexity index is 550. The van der Waals surface area contributed by atoms with Gasteiger partial charge < -0.3 is 10.1 Å². The predicted octanol–water partition coefficient (Wildman–Crippen LogP) is 4.31. The number of fused-ring (bicyclic) bond motifs is 1. The fourth-order valence-corrected chi connectivity index (χ4v) is 3.55. The smallest absolute Gasteiger partial charge is 0.122 e. The van der Waals surface area contributed by atoms with Crippen molar-refractivity contribution in [1.29, 1.82) is 0 Å². The van der Waals surface area contributed by atoms with Gasteiger partial charge in [-0.25, -0.2) is 0 Å². The molecule has 0 radical (unpaired) electrons. The topological polar surface area (TPSA) is 21.3 Å². The second-order valence-electron chi connectivity index (χ2n) is 5.28. The molecule has 2 aromatic rings. The molecule has 20 heavy (non-hydrogen) atoms. The predicted molar refractivity (Wildman–Crippen MR) is 84.4 cm³/mol. The van der Waals surface area contributed by atoms with E-state index in [1.165, 1.54) is 28.8 Å². The molecule has 106 valence electrons. The van der Waals surface area contributed by atoms with Gasteiger partial charge in [-0.05, 0) is 35.1 Å². The summed E-state index contributed by atoms with van der Waals surface area (Å²) in [5, 5.41) is 5.86. The molecule has 1 aromatic carbocycles. The highest BCUT2D eigenvalue weighted by Crippen LogP contribution is 2.27. The number of rotatable bonds is 6. The zero-order valence-corrected chi connectivity index (χ0v) is 12.7. The van der Waals surface area contributed by atoms with Crippen LogP contribution in [0.2, 0.25) is 0 Å². The highest BCUT2D eigenvalue weighted by atomic mass is 32.1. The second kappa shape index (κ2) is 6.42. The number of thiophene rings is 1. The van der Waals surface area contributed by atoms with E-state index in [1.54, 1.807) is 0 Å². The normalized spacial score (nSPS) is 14.8. The molecule has 2 nitrogen and oxygen atoms in total. The van der Waals surface area contributed by atoms with Crippen molar-refractivity contribution in [2.24, 2.45) is 0 Å². The Morgan fingerprint density at radius 2 is 2.30 bits per heavy atom. The molecule has 0 bridgehead atoms. The maximum absolute atomic E-state index is 5.56. The van der Waals surface area contributed by atoms with Crippen LogP contribution >= 0.6 is 11.3 Å². The van der Waals surface area contributed by atoms with Crippen LogP contribution < -0.4 is 10.1 Å². The second-order valence-corrected chi connectivity index (χ2v) is 6.26. The molecule has 0 fully saturated rings. The van der Waals surface area contributed by atoms with Crippen molar-refractivity contribution in [3.05, 3.63) is 51.7 Å². The van der Waals surface area contributed by atoms with Crippen molar-refractivity contribution in [2.45, 2.75) is 38.8 Å². The Morgan fingerprint density at radius 1 is 1.35 bits per heavy atom. The molecule has 1 aliphatic heterocycles. The van der Waals surface area contributed by atoms with Crippen LogP contribution in [-0.4, -0.2) is 6.61 Å². The van der Waals surface area contributed by atoms with Gasteiger partial charge in [0.15, 0.2) is 0 Å². The third-order valence-electron chi connectivity index (χ3n) is 3.77. The summed E-state index contributed by atoms with van der Waals surface area (Å²) in [5.74, 6) is 1.07. The Hall–Kier alpha value is -1.32. The van der Waals surface area contributed by atoms with Crippen LogP contribution in [0.4, 0.5) is 0 Å². The van der Waals surface area contributed by atoms with Gasteiger partial charge in [-0.2, -0.15) is 0 Å². The first kappa shape index (κ1) is 13.7. The largest absolute Gasteiger partial charge is 0.493 e. The van der Waals surface area contributed by atoms with E-state index < -0.39 is 0 Å². The molecule has 1 atom stereocenters. The van der Waals surface area contributed by atoms with Crippen molar-refractivity contribution >= 4 is 11.3 Å². The van der Waals surface area contributed by atoms with Crippen LogP contribution in [0.25, 0.3) is 0 Å². The van der Waals surface area contributed by atoms with E-state index in [0.29, 0.717) is 6.04 Å². The van der Waals surface area contributed by atoms with Crippen molar-refractivity contribution in [3.63, 3.8) is 0 Å². The number of nitrogens with one attached hydrogen (secondary N) is 1. The van der Waals surface area contributed by atoms with E-state index in [1.807, 2.05) is 11.3 Å². The van der Waals surface area contributed by atoms with E-state index >= 15 is 0 Å². The summed E-state index contributed by atoms with van der Waals surface area (Å²) >= 11 is 1.84. The van der Waals surface area contributed by atoms with Crippen LogP contribution in [-0.2, 0) is 13.0 Å². The lowest BCUT2D eigenvalue weighted by molar-refractivity contribution is 0.357. The first-order chi connectivity index (χ1) is 9.86. The van der Waals surface area contributed by atoms with Gasteiger partial charge in [0, 0.05) is 23.9 Å². The van der Waals surface area contributed by atoms with Crippen LogP contribution in [0.5, 0.6) is 5.75 Å². The molecule has 0 amide bonds. The number of hydrogen-bond acceptors (Lipinski definition) is 3. The van der Waals surface area contributed by atoms with E-state index in [9.17, 15) is 0 Å². The minimum Gasteiger partial charge on any atom is -0.493 e. The zero-order chi connectivity index (χ0) is 13.8. The fourth-order valence-electron chi connectivity index (χ4n) is 2.71. The van der Waals surface area contributed by atoms with Crippen molar-refractivity contribution in [3.8, 4) is 5.75 Å². The van der Waals surface area contributed by atoms with Crippen LogP contribution in [0.15, 0.2) is 35.7 Å². The Balaban J connectivity index is 1.65. The van der Waals surface area contributed by atoms with Gasteiger partial charge in [0.05, 0.1) is 6.61 Å². The number of hydrogen-bond donors (Lipinski definition) is 1. The fraction of sp³-hybridized carbons (Fsp3) is 0.412. The Labute approximate surface area is 124 Å². The van der Waals surface area contributed by atoms with Crippen molar-refractivity contribution < 1.29 is 4.74 Å². The van der Waals surface area contributed by atoms with E-state index in [2.05, 4.69) is 48.0 Å². The molecule has 1 N–H and O–H groups in total. The molecule has 0 saturated carbocycles. The van der Waals surface area contributed by atoms with Crippen LogP contribution in [0.1, 0.15) is 41.8 Å². The highest BCUT2D eigenvalue weighted by Gasteiger charge is 2.14. The lowest BCUT2D eigenvalue weighted by atomic mass is 10.1. The molecular weight excluding hydrogens is 266 g/mol. The number of ether oxygens (including phenoxy) is 1. The molecular formula is C17H21NOS. The van der Waals surface area contributed by atoms with Gasteiger partial charge in [0.25, 0.3) is 0 Å². The Morgan fingerprint density at radius 3 is 3.10 bits per heavy atom. The molecule has 3 rings (SSSR count). The van der Waals surface area contributed by atoms with Crippen molar-refractivity contribution in [1.82, 2.24) is 5.32 Å². The zero-order valence-electron chi connectivity index (χ0n) is 11.9. The third-order valence-corrected chi connectivity index (χ3v) is 4.76. The molecule has 1 aliphatic rings. The minimum absolute atomic E-state index is 0.476. The van der Waals surface area contributed by atoms with Crippen molar-refractivity contribution in [2.75, 3.05) is 6.61 Å². The SMILES string of the molecule is CCCC(NCc1ccc2c(c1)CCO2)c1cccs1. The van der Waals surface area contributed by atoms with Gasteiger partial charge in [-0.15, -0.1) is 11.3 Å². The maximum atomic E-state index is 5.56. The molecule has 1 aromatic heterocycles. The lowest BCUT2D eigenvalue weighted by Crippen LogP contribution is -2.20. The monoisotopic (exact) mass is 287 g/mol. The summed E-state index contributed by atoms with van der Waals surface area (Å²) in [6, 6.07) is 11.4. The average Bonchev–Trinajstić information content (AvgIpc) is 3.13. The molecule has 0 aliphatic carbocycles. The number of benzene rings is 1. The molecule has 1 unspecified atom stereocenters. The summed E-state index contributed by atoms with van der Waals surface area (Å²) in [6.07, 6.45) is 3.44. The molecule has 0 spiro atoms. The summed E-state index contributed by atoms with van der Waals surface area (Å²) in [6.45, 7) is 4.00. The molecule has 2 heterocycles. The Kier molecular flexibility index (Phi) is 4.38. The standard InChI is InChI=1S/C17H21NOS/c1-2-4-15(17-5-3-10-20-17)18-12-13-6-7-16-14(11-13)8-9-19-16/h3,5-7,10-11,15,18H,2,4,8-9,12H2,1H3. The quantitative estimate of drug-likeness (QED) is 0.854. The highest BCUT2D eigenvalue weighted by molar-refractivity contribution is 7.10. The maximum Gasteiger partial charge on any atom is 0.122 e. The van der Waals surface area contributed by atoms with Gasteiger partial charge >= 0.3 is 0 Å². The molecule has 0 saturated heterocycles. The summed E-state index contributed by atoms with van der Waals surface area (Å²) in [7, 11) is 0. The lowest BCUT2D eigenvalue weighted by Gasteiger charge is -2.17. The van der Waals surface area contributed by atoms with Crippen LogP contribution in [0.3, 0.4) is 0 Å². The van der Waals surface area contributed by atoms with Gasteiger partial charge in [0.1, 0.15) is 5.75 Å². The van der Waals surface area contributed by atoms with E-state index in [-0.39, 0.29) is 0 Å². The summed E-state index contributed by atoms with van der Waals surface area (Å²) < 4.78 is 5.56. The third kappa shape index (κ3) is 3.05. The summed E-state index contributed by atoms with van der Waals surface area (Å²) in [4.78, 5) is 1.44. The molecule has 3 heteroatoms. The van der Waals surface area contributed by atoms with Crippen LogP contribution in [0, 0.1) is 0 Å². The first-order valence-corrected chi connectivity index (χ1v) is 8.26. The first-order valence-electron chi connectivity index (χ1n) is 7.38. The van der Waals surface area contributed by atoms with E-state index in [0.717, 1.165) is 25.3 Å². The van der Waals surface area contributed by atoms with Gasteiger partial charge in [-0.1, -0.05) is 31.5 Å². The van der Waals surface area contributed by atoms with Gasteiger partial charge in [-0.3, -0.25) is 0 Å². The summed E-state index contributed by atoms with van der Waals surface area (Å²) in [5.41, 5.74) is 2.71. The van der Waals surface area contributed by atoms with Gasteiger partial charge in [0.2, 0.25) is 0 Å². The minimum atomic E-state index is 0.476.